The van der Waals surface area contributed by atoms with Crippen molar-refractivity contribution in [3.05, 3.63) is 94.0 Å². The summed E-state index contributed by atoms with van der Waals surface area (Å²) >= 11 is 6.09. The van der Waals surface area contributed by atoms with E-state index in [1.165, 1.54) is 4.90 Å². The van der Waals surface area contributed by atoms with Gasteiger partial charge in [-0.25, -0.2) is 8.42 Å². The van der Waals surface area contributed by atoms with Crippen LogP contribution < -0.4 is 9.62 Å². The first kappa shape index (κ1) is 32.2. The fourth-order valence-electron chi connectivity index (χ4n) is 4.61. The second kappa shape index (κ2) is 14.0. The maximum absolute atomic E-state index is 14.2. The Morgan fingerprint density at radius 1 is 0.854 bits per heavy atom. The number of rotatable bonds is 12. The van der Waals surface area contributed by atoms with Crippen molar-refractivity contribution in [1.82, 2.24) is 10.2 Å². The van der Waals surface area contributed by atoms with Gasteiger partial charge in [0, 0.05) is 17.6 Å². The van der Waals surface area contributed by atoms with E-state index in [9.17, 15) is 18.0 Å². The van der Waals surface area contributed by atoms with Crippen LogP contribution in [0.5, 0.6) is 0 Å². The lowest BCUT2D eigenvalue weighted by atomic mass is 10.1. The summed E-state index contributed by atoms with van der Waals surface area (Å²) in [5, 5.41) is 3.54. The Kier molecular flexibility index (Phi) is 11.0. The minimum absolute atomic E-state index is 0.0716. The number of hydrogen-bond acceptors (Lipinski definition) is 4. The molecule has 0 radical (unpaired) electrons. The van der Waals surface area contributed by atoms with Gasteiger partial charge in [-0.05, 0) is 93.6 Å². The van der Waals surface area contributed by atoms with Crippen LogP contribution in [-0.4, -0.2) is 43.8 Å². The normalized spacial score (nSPS) is 12.9. The van der Waals surface area contributed by atoms with Gasteiger partial charge in [0.15, 0.2) is 0 Å². The summed E-state index contributed by atoms with van der Waals surface area (Å²) in [7, 11) is -4.12. The molecule has 0 spiro atoms. The molecule has 2 atom stereocenters. The predicted molar refractivity (Wildman–Crippen MR) is 166 cm³/mol. The van der Waals surface area contributed by atoms with Crippen molar-refractivity contribution in [2.45, 2.75) is 77.9 Å². The van der Waals surface area contributed by atoms with Gasteiger partial charge in [-0.2, -0.15) is 0 Å². The van der Waals surface area contributed by atoms with Gasteiger partial charge in [0.05, 0.1) is 10.6 Å². The Hall–Kier alpha value is -3.36. The molecule has 7 nitrogen and oxygen atoms in total. The third-order valence-corrected chi connectivity index (χ3v) is 9.08. The van der Waals surface area contributed by atoms with Crippen LogP contribution in [0.4, 0.5) is 5.69 Å². The molecule has 0 aliphatic carbocycles. The van der Waals surface area contributed by atoms with E-state index < -0.39 is 28.5 Å². The van der Waals surface area contributed by atoms with Crippen LogP contribution in [-0.2, 0) is 26.2 Å². The highest BCUT2D eigenvalue weighted by atomic mass is 35.5. The largest absolute Gasteiger partial charge is 0.352 e. The average molecular weight is 598 g/mol. The van der Waals surface area contributed by atoms with Crippen LogP contribution in [0.15, 0.2) is 71.6 Å². The zero-order valence-electron chi connectivity index (χ0n) is 24.6. The molecule has 0 fully saturated rings. The molecule has 0 bridgehead atoms. The quantitative estimate of drug-likeness (QED) is 0.270. The van der Waals surface area contributed by atoms with Crippen molar-refractivity contribution in [1.29, 1.82) is 0 Å². The van der Waals surface area contributed by atoms with E-state index >= 15 is 0 Å². The van der Waals surface area contributed by atoms with Crippen LogP contribution in [0.3, 0.4) is 0 Å². The lowest BCUT2D eigenvalue weighted by Crippen LogP contribution is -2.53. The van der Waals surface area contributed by atoms with E-state index in [-0.39, 0.29) is 23.4 Å². The molecular formula is C32H40ClN3O4S. The van der Waals surface area contributed by atoms with E-state index in [2.05, 4.69) is 5.32 Å². The molecule has 2 amide bonds. The van der Waals surface area contributed by atoms with Gasteiger partial charge < -0.3 is 10.2 Å². The summed E-state index contributed by atoms with van der Waals surface area (Å²) in [6.45, 7) is 11.0. The van der Waals surface area contributed by atoms with E-state index in [1.807, 2.05) is 47.6 Å². The molecule has 3 aromatic carbocycles. The smallest absolute Gasteiger partial charge is 0.264 e. The fourth-order valence-corrected chi connectivity index (χ4v) is 6.13. The number of carbonyl (C=O) groups excluding carboxylic acids is 2. The number of sulfonamides is 1. The third-order valence-electron chi connectivity index (χ3n) is 7.04. The Bertz CT molecular complexity index is 1440. The van der Waals surface area contributed by atoms with Crippen molar-refractivity contribution in [3.63, 3.8) is 0 Å². The number of nitrogens with zero attached hydrogens (tertiary/aromatic N) is 2. The number of aryl methyl sites for hydroxylation is 3. The lowest BCUT2D eigenvalue weighted by Gasteiger charge is -2.34. The van der Waals surface area contributed by atoms with Crippen molar-refractivity contribution in [2.75, 3.05) is 10.8 Å². The van der Waals surface area contributed by atoms with Crippen LogP contribution >= 0.6 is 11.6 Å². The Balaban J connectivity index is 2.09. The van der Waals surface area contributed by atoms with Gasteiger partial charge >= 0.3 is 0 Å². The number of anilines is 1. The number of carbonyl (C=O) groups is 2. The molecular weight excluding hydrogens is 558 g/mol. The zero-order chi connectivity index (χ0) is 30.3. The van der Waals surface area contributed by atoms with Crippen molar-refractivity contribution in [3.8, 4) is 0 Å². The minimum atomic E-state index is -4.12. The summed E-state index contributed by atoms with van der Waals surface area (Å²) in [4.78, 5) is 29.1. The maximum atomic E-state index is 14.2. The highest BCUT2D eigenvalue weighted by Gasteiger charge is 2.34. The number of hydrogen-bond donors (Lipinski definition) is 1. The molecule has 0 saturated carbocycles. The van der Waals surface area contributed by atoms with Crippen molar-refractivity contribution in [2.24, 2.45) is 0 Å². The molecule has 0 aromatic heterocycles. The molecule has 0 aliphatic heterocycles. The first-order valence-corrected chi connectivity index (χ1v) is 15.7. The van der Waals surface area contributed by atoms with Gasteiger partial charge in [-0.3, -0.25) is 13.9 Å². The Labute approximate surface area is 249 Å². The minimum Gasteiger partial charge on any atom is -0.352 e. The topological polar surface area (TPSA) is 86.8 Å². The molecule has 41 heavy (non-hydrogen) atoms. The zero-order valence-corrected chi connectivity index (χ0v) is 26.2. The monoisotopic (exact) mass is 597 g/mol. The van der Waals surface area contributed by atoms with Gasteiger partial charge in [0.1, 0.15) is 12.6 Å². The summed E-state index contributed by atoms with van der Waals surface area (Å²) in [6.07, 6.45) is 1.10. The highest BCUT2D eigenvalue weighted by molar-refractivity contribution is 7.92. The molecule has 0 saturated heterocycles. The third kappa shape index (κ3) is 8.33. The highest BCUT2D eigenvalue weighted by Crippen LogP contribution is 2.27. The van der Waals surface area contributed by atoms with Gasteiger partial charge in [0.2, 0.25) is 11.8 Å². The second-order valence-electron chi connectivity index (χ2n) is 10.6. The Morgan fingerprint density at radius 3 is 1.98 bits per heavy atom. The number of halogens is 1. The molecule has 3 aromatic rings. The standard InChI is InChI=1S/C32H40ClN3O4S/c1-7-25(6)34-32(38)30(8-2)35(20-26-11-13-27(33)14-12-26)31(37)21-36(28-18-23(4)17-24(5)19-28)41(39,40)29-15-9-22(3)10-16-29/h9-19,25,30H,7-8,20-21H2,1-6H3,(H,34,38)/t25-,30-/m0/s1. The summed E-state index contributed by atoms with van der Waals surface area (Å²) in [5.41, 5.74) is 3.82. The first-order chi connectivity index (χ1) is 19.3. The van der Waals surface area contributed by atoms with Crippen molar-refractivity contribution < 1.29 is 18.0 Å². The van der Waals surface area contributed by atoms with Gasteiger partial charge in [-0.15, -0.1) is 0 Å². The summed E-state index contributed by atoms with van der Waals surface area (Å²) in [6, 6.07) is 18.2. The molecule has 1 N–H and O–H groups in total. The van der Waals surface area contributed by atoms with Gasteiger partial charge in [0.25, 0.3) is 10.0 Å². The molecule has 220 valence electrons. The molecule has 0 unspecified atom stereocenters. The number of benzene rings is 3. The second-order valence-corrected chi connectivity index (χ2v) is 12.9. The van der Waals surface area contributed by atoms with Crippen LogP contribution in [0, 0.1) is 20.8 Å². The van der Waals surface area contributed by atoms with Gasteiger partial charge in [-0.1, -0.05) is 61.3 Å². The lowest BCUT2D eigenvalue weighted by molar-refractivity contribution is -0.140. The summed E-state index contributed by atoms with van der Waals surface area (Å²) in [5.74, 6) is -0.760. The summed E-state index contributed by atoms with van der Waals surface area (Å²) < 4.78 is 29.2. The molecule has 0 heterocycles. The van der Waals surface area contributed by atoms with E-state index in [1.54, 1.807) is 60.7 Å². The van der Waals surface area contributed by atoms with E-state index in [4.69, 9.17) is 11.6 Å². The number of amides is 2. The van der Waals surface area contributed by atoms with E-state index in [0.29, 0.717) is 17.1 Å². The first-order valence-electron chi connectivity index (χ1n) is 13.9. The maximum Gasteiger partial charge on any atom is 0.264 e. The average Bonchev–Trinajstić information content (AvgIpc) is 2.92. The molecule has 9 heteroatoms. The predicted octanol–water partition coefficient (Wildman–Crippen LogP) is 6.18. The fraction of sp³-hybridized carbons (Fsp3) is 0.375. The van der Waals surface area contributed by atoms with E-state index in [0.717, 1.165) is 33.0 Å². The SMILES string of the molecule is CC[C@H](C)NC(=O)[C@H](CC)N(Cc1ccc(Cl)cc1)C(=O)CN(c1cc(C)cc(C)c1)S(=O)(=O)c1ccc(C)cc1. The molecule has 0 aliphatic rings. The van der Waals surface area contributed by atoms with Crippen LogP contribution in [0.25, 0.3) is 0 Å². The van der Waals surface area contributed by atoms with Crippen molar-refractivity contribution >= 4 is 39.1 Å². The Morgan fingerprint density at radius 2 is 1.44 bits per heavy atom. The van der Waals surface area contributed by atoms with Crippen LogP contribution in [0.1, 0.15) is 55.9 Å². The van der Waals surface area contributed by atoms with Crippen LogP contribution in [0.2, 0.25) is 5.02 Å². The molecule has 3 rings (SSSR count). The number of nitrogens with one attached hydrogen (secondary N) is 1.